The third kappa shape index (κ3) is 5.69. The predicted octanol–water partition coefficient (Wildman–Crippen LogP) is 2.29. The summed E-state index contributed by atoms with van der Waals surface area (Å²) in [4.78, 5) is 26.8. The Bertz CT molecular complexity index is 1180. The smallest absolute Gasteiger partial charge is 0.186 e. The van der Waals surface area contributed by atoms with Crippen LogP contribution in [0, 0.1) is 45.8 Å². The van der Waals surface area contributed by atoms with Gasteiger partial charge in [-0.05, 0) is 86.0 Å². The van der Waals surface area contributed by atoms with E-state index in [-0.39, 0.29) is 60.8 Å². The molecule has 0 aromatic heterocycles. The second kappa shape index (κ2) is 12.0. The van der Waals surface area contributed by atoms with Gasteiger partial charge in [0.1, 0.15) is 30.2 Å². The monoisotopic (exact) mass is 636 g/mol. The highest BCUT2D eigenvalue weighted by Gasteiger charge is 2.70. The van der Waals surface area contributed by atoms with Gasteiger partial charge in [-0.15, -0.1) is 0 Å². The molecule has 1 aliphatic heterocycles. The molecule has 0 aromatic rings. The zero-order valence-corrected chi connectivity index (χ0v) is 28.0. The fourth-order valence-corrected chi connectivity index (χ4v) is 10.5. The van der Waals surface area contributed by atoms with Crippen LogP contribution in [0.5, 0.6) is 0 Å². The second-order valence-corrected chi connectivity index (χ2v) is 16.7. The number of hydrogen-bond donors (Lipinski definition) is 6. The van der Waals surface area contributed by atoms with Crippen molar-refractivity contribution in [2.75, 3.05) is 6.61 Å². The molecule has 256 valence electrons. The lowest BCUT2D eigenvalue weighted by Gasteiger charge is -2.54. The summed E-state index contributed by atoms with van der Waals surface area (Å²) >= 11 is 0. The number of aliphatic hydroxyl groups is 6. The van der Waals surface area contributed by atoms with E-state index in [1.807, 2.05) is 13.8 Å². The quantitative estimate of drug-likeness (QED) is 0.228. The molecule has 4 fully saturated rings. The predicted molar refractivity (Wildman–Crippen MR) is 164 cm³/mol. The molecule has 1 heterocycles. The normalized spacial score (nSPS) is 47.2. The van der Waals surface area contributed by atoms with Crippen molar-refractivity contribution in [2.24, 2.45) is 45.8 Å². The average Bonchev–Trinajstić information content (AvgIpc) is 3.01. The number of carbonyl (C=O) groups excluding carboxylic acids is 2. The zero-order chi connectivity index (χ0) is 33.4. The Labute approximate surface area is 267 Å². The van der Waals surface area contributed by atoms with Crippen LogP contribution in [0.15, 0.2) is 11.6 Å². The molecule has 6 N–H and O–H groups in total. The van der Waals surface area contributed by atoms with Crippen molar-refractivity contribution in [3.63, 3.8) is 0 Å². The number of ether oxygens (including phenoxy) is 2. The van der Waals surface area contributed by atoms with E-state index in [2.05, 4.69) is 26.8 Å². The maximum Gasteiger partial charge on any atom is 0.186 e. The van der Waals surface area contributed by atoms with E-state index >= 15 is 0 Å². The summed E-state index contributed by atoms with van der Waals surface area (Å²) in [6.07, 6.45) is -1.81. The topological polar surface area (TPSA) is 174 Å². The van der Waals surface area contributed by atoms with E-state index in [1.165, 1.54) is 0 Å². The fraction of sp³-hybridized carbons (Fsp3) is 0.886. The first-order chi connectivity index (χ1) is 20.8. The summed E-state index contributed by atoms with van der Waals surface area (Å²) in [7, 11) is 0. The van der Waals surface area contributed by atoms with Crippen LogP contribution in [0.25, 0.3) is 0 Å². The lowest BCUT2D eigenvalue weighted by Crippen LogP contribution is -2.57. The average molecular weight is 637 g/mol. The van der Waals surface area contributed by atoms with Crippen molar-refractivity contribution in [3.8, 4) is 0 Å². The maximum absolute atomic E-state index is 13.9. The van der Waals surface area contributed by atoms with Gasteiger partial charge in [-0.1, -0.05) is 40.7 Å². The molecule has 10 nitrogen and oxygen atoms in total. The highest BCUT2D eigenvalue weighted by atomic mass is 16.7. The van der Waals surface area contributed by atoms with Gasteiger partial charge < -0.3 is 40.1 Å². The number of ketones is 2. The Morgan fingerprint density at radius 3 is 2.36 bits per heavy atom. The summed E-state index contributed by atoms with van der Waals surface area (Å²) < 4.78 is 11.9. The Hall–Kier alpha value is -1.24. The lowest BCUT2D eigenvalue weighted by atomic mass is 9.50. The number of fused-ring (bicyclic) bond motifs is 4. The van der Waals surface area contributed by atoms with Crippen molar-refractivity contribution in [2.45, 2.75) is 142 Å². The van der Waals surface area contributed by atoms with Crippen molar-refractivity contribution in [1.82, 2.24) is 0 Å². The number of carbonyl (C=O) groups is 2. The molecule has 1 saturated heterocycles. The van der Waals surface area contributed by atoms with Gasteiger partial charge in [0.2, 0.25) is 0 Å². The first-order valence-electron chi connectivity index (χ1n) is 16.9. The summed E-state index contributed by atoms with van der Waals surface area (Å²) in [5.41, 5.74) is -2.12. The molecule has 0 bridgehead atoms. The van der Waals surface area contributed by atoms with Crippen molar-refractivity contribution < 1.29 is 49.7 Å². The highest BCUT2D eigenvalue weighted by Crippen LogP contribution is 2.68. The van der Waals surface area contributed by atoms with Crippen molar-refractivity contribution in [3.05, 3.63) is 11.6 Å². The number of aliphatic hydroxyl groups excluding tert-OH is 5. The van der Waals surface area contributed by atoms with Crippen LogP contribution < -0.4 is 0 Å². The summed E-state index contributed by atoms with van der Waals surface area (Å²) in [5, 5.41) is 64.5. The molecule has 14 atom stereocenters. The number of hydrogen-bond acceptors (Lipinski definition) is 10. The van der Waals surface area contributed by atoms with Gasteiger partial charge >= 0.3 is 0 Å². The van der Waals surface area contributed by atoms with Crippen molar-refractivity contribution in [1.29, 1.82) is 0 Å². The lowest BCUT2D eigenvalue weighted by molar-refractivity contribution is -0.300. The van der Waals surface area contributed by atoms with Gasteiger partial charge in [-0.25, -0.2) is 0 Å². The maximum atomic E-state index is 13.9. The minimum atomic E-state index is -1.38. The molecule has 5 aliphatic rings. The summed E-state index contributed by atoms with van der Waals surface area (Å²) in [6, 6.07) is 0. The summed E-state index contributed by atoms with van der Waals surface area (Å²) in [6.45, 7) is 13.2. The number of rotatable bonds is 7. The van der Waals surface area contributed by atoms with Crippen LogP contribution in [0.2, 0.25) is 0 Å². The molecule has 0 spiro atoms. The van der Waals surface area contributed by atoms with Crippen LogP contribution in [0.4, 0.5) is 0 Å². The largest absolute Gasteiger partial charge is 0.390 e. The van der Waals surface area contributed by atoms with E-state index < -0.39 is 64.6 Å². The molecule has 3 saturated carbocycles. The second-order valence-electron chi connectivity index (χ2n) is 16.7. The van der Waals surface area contributed by atoms with Crippen molar-refractivity contribution >= 4 is 11.6 Å². The molecule has 14 unspecified atom stereocenters. The van der Waals surface area contributed by atoms with E-state index in [0.29, 0.717) is 25.7 Å². The van der Waals surface area contributed by atoms with Gasteiger partial charge in [0, 0.05) is 24.2 Å². The molecule has 0 amide bonds. The fourth-order valence-electron chi connectivity index (χ4n) is 10.5. The standard InChI is InChI=1S/C35H56O10/c1-17(14-18(36)15-32(2,3)43)25-28(40)30(42)35(7)22-10-9-21-19(26(38)20(22)12-13-34(25,35)6)8-11-24(33(21,4)5)45-31-29(41)27(39)23(37)16-44-31/h12,17,19,21-27,29-31,37-39,41-43H,8-11,13-16H2,1-7H3. The van der Waals surface area contributed by atoms with E-state index in [9.17, 15) is 40.2 Å². The van der Waals surface area contributed by atoms with Gasteiger partial charge in [-0.2, -0.15) is 0 Å². The molecule has 0 aromatic carbocycles. The number of Topliss-reactive ketones (excluding diaryl/α,β-unsaturated/α-hetero) is 2. The Balaban J connectivity index is 1.39. The van der Waals surface area contributed by atoms with Gasteiger partial charge in [-0.3, -0.25) is 9.59 Å². The van der Waals surface area contributed by atoms with Gasteiger partial charge in [0.25, 0.3) is 0 Å². The molecular weight excluding hydrogens is 580 g/mol. The molecular formula is C35H56O10. The zero-order valence-electron chi connectivity index (χ0n) is 28.0. The van der Waals surface area contributed by atoms with E-state index in [0.717, 1.165) is 12.0 Å². The van der Waals surface area contributed by atoms with Crippen LogP contribution >= 0.6 is 0 Å². The van der Waals surface area contributed by atoms with Crippen LogP contribution in [-0.2, 0) is 19.1 Å². The third-order valence-corrected chi connectivity index (χ3v) is 13.0. The van der Waals surface area contributed by atoms with Crippen LogP contribution in [0.3, 0.4) is 0 Å². The molecule has 4 aliphatic carbocycles. The first kappa shape index (κ1) is 35.1. The van der Waals surface area contributed by atoms with E-state index in [1.54, 1.807) is 13.8 Å². The van der Waals surface area contributed by atoms with Gasteiger partial charge in [0.15, 0.2) is 12.1 Å². The molecule has 5 rings (SSSR count). The van der Waals surface area contributed by atoms with E-state index in [4.69, 9.17) is 9.47 Å². The highest BCUT2D eigenvalue weighted by molar-refractivity contribution is 5.91. The Kier molecular flexibility index (Phi) is 9.37. The van der Waals surface area contributed by atoms with Gasteiger partial charge in [0.05, 0.1) is 24.4 Å². The minimum Gasteiger partial charge on any atom is -0.390 e. The van der Waals surface area contributed by atoms with Crippen LogP contribution in [-0.4, -0.2) is 97.3 Å². The molecule has 10 heteroatoms. The SMILES string of the molecule is CC(CC(=O)CC(C)(C)O)C1C(=O)C(O)C2(C)C3CCC4C(CCC(OC5OCC(O)C(O)C5O)C4(C)C)C(O)C3=CCC12C. The number of allylic oxidation sites excluding steroid dienone is 1. The third-order valence-electron chi connectivity index (χ3n) is 13.0. The Morgan fingerprint density at radius 1 is 1.04 bits per heavy atom. The minimum absolute atomic E-state index is 0.00525. The summed E-state index contributed by atoms with van der Waals surface area (Å²) in [5.74, 6) is -1.43. The Morgan fingerprint density at radius 2 is 1.71 bits per heavy atom. The molecule has 0 radical (unpaired) electrons. The molecule has 45 heavy (non-hydrogen) atoms. The van der Waals surface area contributed by atoms with Crippen LogP contribution in [0.1, 0.15) is 93.4 Å². The first-order valence-corrected chi connectivity index (χ1v) is 16.9.